The minimum Gasteiger partial charge on any atom is -0.389 e. The van der Waals surface area contributed by atoms with E-state index < -0.39 is 0 Å². The molecule has 4 heteroatoms. The topological polar surface area (TPSA) is 29.3 Å². The van der Waals surface area contributed by atoms with Gasteiger partial charge in [-0.25, -0.2) is 4.39 Å². The summed E-state index contributed by atoms with van der Waals surface area (Å²) in [7, 11) is 2.04. The summed E-state index contributed by atoms with van der Waals surface area (Å²) in [4.78, 5) is 2.43. The maximum absolute atomic E-state index is 13.4. The molecule has 0 amide bonds. The first-order chi connectivity index (χ1) is 8.52. The van der Waals surface area contributed by atoms with E-state index in [1.54, 1.807) is 0 Å². The first kappa shape index (κ1) is 15.1. The van der Waals surface area contributed by atoms with Crippen molar-refractivity contribution in [3.05, 3.63) is 35.1 Å². The highest BCUT2D eigenvalue weighted by Gasteiger charge is 2.05. The second-order valence-corrected chi connectivity index (χ2v) is 5.10. The van der Waals surface area contributed by atoms with Gasteiger partial charge >= 0.3 is 0 Å². The summed E-state index contributed by atoms with van der Waals surface area (Å²) < 4.78 is 13.4. The fourth-order valence-corrected chi connectivity index (χ4v) is 2.02. The lowest BCUT2D eigenvalue weighted by Crippen LogP contribution is -2.19. The van der Waals surface area contributed by atoms with Crippen LogP contribution >= 0.6 is 12.2 Å². The SMILES string of the molecule is CCCCCN(C)Cc1cc(F)cc(C(N)=S)c1. The second kappa shape index (κ2) is 7.44. The van der Waals surface area contributed by atoms with E-state index in [0.29, 0.717) is 5.56 Å². The second-order valence-electron chi connectivity index (χ2n) is 4.66. The molecule has 0 bridgehead atoms. The normalized spacial score (nSPS) is 10.9. The molecule has 0 fully saturated rings. The van der Waals surface area contributed by atoms with Gasteiger partial charge in [0, 0.05) is 12.1 Å². The predicted octanol–water partition coefficient (Wildman–Crippen LogP) is 3.08. The van der Waals surface area contributed by atoms with Gasteiger partial charge in [0.15, 0.2) is 0 Å². The van der Waals surface area contributed by atoms with Crippen LogP contribution in [0.25, 0.3) is 0 Å². The lowest BCUT2D eigenvalue weighted by atomic mass is 10.1. The van der Waals surface area contributed by atoms with Crippen molar-refractivity contribution in [1.29, 1.82) is 0 Å². The molecule has 0 radical (unpaired) electrons. The Morgan fingerprint density at radius 3 is 2.67 bits per heavy atom. The maximum Gasteiger partial charge on any atom is 0.124 e. The molecule has 0 aliphatic carbocycles. The zero-order valence-electron chi connectivity index (χ0n) is 11.1. The van der Waals surface area contributed by atoms with E-state index >= 15 is 0 Å². The molecule has 100 valence electrons. The number of unbranched alkanes of at least 4 members (excludes halogenated alkanes) is 2. The first-order valence-electron chi connectivity index (χ1n) is 6.30. The van der Waals surface area contributed by atoms with Crippen molar-refractivity contribution in [2.45, 2.75) is 32.7 Å². The minimum absolute atomic E-state index is 0.240. The molecule has 1 rings (SSSR count). The van der Waals surface area contributed by atoms with Crippen LogP contribution in [0.3, 0.4) is 0 Å². The van der Waals surface area contributed by atoms with Gasteiger partial charge < -0.3 is 10.6 Å². The lowest BCUT2D eigenvalue weighted by molar-refractivity contribution is 0.317. The molecule has 18 heavy (non-hydrogen) atoms. The highest BCUT2D eigenvalue weighted by molar-refractivity contribution is 7.80. The Labute approximate surface area is 114 Å². The summed E-state index contributed by atoms with van der Waals surface area (Å²) in [5.74, 6) is -0.280. The highest BCUT2D eigenvalue weighted by Crippen LogP contribution is 2.11. The number of nitrogens with zero attached hydrogens (tertiary/aromatic N) is 1. The van der Waals surface area contributed by atoms with Gasteiger partial charge in [-0.2, -0.15) is 0 Å². The maximum atomic E-state index is 13.4. The van der Waals surface area contributed by atoms with Crippen molar-refractivity contribution in [3.63, 3.8) is 0 Å². The monoisotopic (exact) mass is 268 g/mol. The zero-order valence-corrected chi connectivity index (χ0v) is 11.9. The number of hydrogen-bond donors (Lipinski definition) is 1. The third-order valence-electron chi connectivity index (χ3n) is 2.84. The van der Waals surface area contributed by atoms with Crippen LogP contribution in [-0.2, 0) is 6.54 Å². The standard InChI is InChI=1S/C14H21FN2S/c1-3-4-5-6-17(2)10-11-7-12(14(16)18)9-13(15)8-11/h7-9H,3-6,10H2,1-2H3,(H2,16,18). The summed E-state index contributed by atoms with van der Waals surface area (Å²) in [5.41, 5.74) is 7.04. The molecule has 0 atom stereocenters. The third kappa shape index (κ3) is 5.10. The number of hydrogen-bond acceptors (Lipinski definition) is 2. The van der Waals surface area contributed by atoms with Crippen LogP contribution in [-0.4, -0.2) is 23.5 Å². The quantitative estimate of drug-likeness (QED) is 0.608. The van der Waals surface area contributed by atoms with E-state index in [0.717, 1.165) is 18.7 Å². The molecule has 2 nitrogen and oxygen atoms in total. The van der Waals surface area contributed by atoms with Crippen LogP contribution in [0.4, 0.5) is 4.39 Å². The Morgan fingerprint density at radius 1 is 1.33 bits per heavy atom. The number of rotatable bonds is 7. The fraction of sp³-hybridized carbons (Fsp3) is 0.500. The van der Waals surface area contributed by atoms with Crippen molar-refractivity contribution in [1.82, 2.24) is 4.90 Å². The zero-order chi connectivity index (χ0) is 13.5. The largest absolute Gasteiger partial charge is 0.389 e. The van der Waals surface area contributed by atoms with E-state index in [-0.39, 0.29) is 10.8 Å². The Kier molecular flexibility index (Phi) is 6.22. The van der Waals surface area contributed by atoms with Crippen molar-refractivity contribution in [2.75, 3.05) is 13.6 Å². The summed E-state index contributed by atoms with van der Waals surface area (Å²) in [5, 5.41) is 0. The van der Waals surface area contributed by atoms with E-state index in [9.17, 15) is 4.39 Å². The molecule has 1 aromatic rings. The molecule has 0 heterocycles. The van der Waals surface area contributed by atoms with Crippen LogP contribution in [0.5, 0.6) is 0 Å². The summed E-state index contributed by atoms with van der Waals surface area (Å²) in [6, 6.07) is 4.78. The Bertz CT molecular complexity index is 407. The summed E-state index contributed by atoms with van der Waals surface area (Å²) in [6.45, 7) is 3.92. The van der Waals surface area contributed by atoms with E-state index in [1.165, 1.54) is 31.4 Å². The van der Waals surface area contributed by atoms with Crippen LogP contribution < -0.4 is 5.73 Å². The average molecular weight is 268 g/mol. The molecule has 0 saturated heterocycles. The van der Waals surface area contributed by atoms with Crippen molar-refractivity contribution >= 4 is 17.2 Å². The number of thiocarbonyl (C=S) groups is 1. The van der Waals surface area contributed by atoms with Gasteiger partial charge in [0.1, 0.15) is 10.8 Å². The van der Waals surface area contributed by atoms with Gasteiger partial charge in [-0.3, -0.25) is 0 Å². The number of benzene rings is 1. The van der Waals surface area contributed by atoms with Crippen LogP contribution in [0.15, 0.2) is 18.2 Å². The third-order valence-corrected chi connectivity index (χ3v) is 3.07. The molecule has 0 spiro atoms. The Morgan fingerprint density at radius 2 is 2.06 bits per heavy atom. The van der Waals surface area contributed by atoms with Crippen molar-refractivity contribution in [3.8, 4) is 0 Å². The van der Waals surface area contributed by atoms with Crippen molar-refractivity contribution < 1.29 is 4.39 Å². The van der Waals surface area contributed by atoms with Crippen LogP contribution in [0.2, 0.25) is 0 Å². The molecule has 0 saturated carbocycles. The fourth-order valence-electron chi connectivity index (χ4n) is 1.91. The Balaban J connectivity index is 2.63. The minimum atomic E-state index is -0.280. The molecule has 0 aliphatic heterocycles. The number of nitrogens with two attached hydrogens (primary N) is 1. The molecule has 1 aromatic carbocycles. The van der Waals surface area contributed by atoms with E-state index in [4.69, 9.17) is 18.0 Å². The van der Waals surface area contributed by atoms with Gasteiger partial charge in [-0.1, -0.05) is 32.0 Å². The van der Waals surface area contributed by atoms with Gasteiger partial charge in [0.2, 0.25) is 0 Å². The van der Waals surface area contributed by atoms with Gasteiger partial charge in [0.05, 0.1) is 0 Å². The Hall–Kier alpha value is -1.00. The molecule has 0 aromatic heterocycles. The molecule has 0 aliphatic rings. The highest BCUT2D eigenvalue weighted by atomic mass is 32.1. The van der Waals surface area contributed by atoms with Gasteiger partial charge in [-0.15, -0.1) is 0 Å². The summed E-state index contributed by atoms with van der Waals surface area (Å²) in [6.07, 6.45) is 3.61. The lowest BCUT2D eigenvalue weighted by Gasteiger charge is -2.17. The van der Waals surface area contributed by atoms with Crippen LogP contribution in [0, 0.1) is 5.82 Å². The van der Waals surface area contributed by atoms with Gasteiger partial charge in [0.25, 0.3) is 0 Å². The van der Waals surface area contributed by atoms with Crippen molar-refractivity contribution in [2.24, 2.45) is 5.73 Å². The smallest absolute Gasteiger partial charge is 0.124 e. The molecular weight excluding hydrogens is 247 g/mol. The summed E-state index contributed by atoms with van der Waals surface area (Å²) >= 11 is 4.88. The number of halogens is 1. The molecular formula is C14H21FN2S. The first-order valence-corrected chi connectivity index (χ1v) is 6.71. The van der Waals surface area contributed by atoms with Crippen LogP contribution in [0.1, 0.15) is 37.3 Å². The molecule has 0 unspecified atom stereocenters. The van der Waals surface area contributed by atoms with Gasteiger partial charge in [-0.05, 0) is 43.8 Å². The van der Waals surface area contributed by atoms with E-state index in [1.807, 2.05) is 13.1 Å². The van der Waals surface area contributed by atoms with E-state index in [2.05, 4.69) is 11.8 Å². The average Bonchev–Trinajstić information content (AvgIpc) is 2.28. The molecule has 2 N–H and O–H groups in total. The predicted molar refractivity (Wildman–Crippen MR) is 78.1 cm³/mol.